The molecule has 0 saturated carbocycles. The molecule has 2 aromatic rings. The molecule has 0 N–H and O–H groups in total. The Bertz CT molecular complexity index is 842. The molecule has 4 nitrogen and oxygen atoms in total. The molecule has 2 atom stereocenters. The molecule has 0 aliphatic carbocycles. The first-order valence-corrected chi connectivity index (χ1v) is 9.43. The Morgan fingerprint density at radius 1 is 1.12 bits per heavy atom. The molecule has 1 amide bonds. The molecule has 0 aromatic heterocycles. The zero-order valence-corrected chi connectivity index (χ0v) is 16.0. The normalized spacial score (nSPS) is 24.8. The van der Waals surface area contributed by atoms with Crippen LogP contribution in [0.5, 0.6) is 5.75 Å². The van der Waals surface area contributed by atoms with Gasteiger partial charge in [-0.2, -0.15) is 0 Å². The van der Waals surface area contributed by atoms with Gasteiger partial charge in [-0.3, -0.25) is 4.79 Å². The number of hydrogen-bond donors (Lipinski definition) is 0. The molecule has 4 rings (SSSR count). The third-order valence-corrected chi connectivity index (χ3v) is 5.77. The van der Waals surface area contributed by atoms with E-state index in [-0.39, 0.29) is 12.0 Å². The van der Waals surface area contributed by atoms with Gasteiger partial charge in [-0.05, 0) is 36.4 Å². The van der Waals surface area contributed by atoms with Gasteiger partial charge in [0.25, 0.3) is 0 Å². The summed E-state index contributed by atoms with van der Waals surface area (Å²) in [5, 5.41) is 1.57. The topological polar surface area (TPSA) is 38.8 Å². The van der Waals surface area contributed by atoms with Crippen LogP contribution >= 0.6 is 34.8 Å². The SMILES string of the molecule is O=C1CC[C@]2(c3ccc(Cl)c(Cl)c3)O[C@H](COc3ccc(Cl)cc3)CN12. The van der Waals surface area contributed by atoms with Gasteiger partial charge in [0, 0.05) is 23.4 Å². The van der Waals surface area contributed by atoms with Crippen molar-refractivity contribution in [3.05, 3.63) is 63.1 Å². The molecule has 2 aliphatic heterocycles. The minimum atomic E-state index is -0.792. The van der Waals surface area contributed by atoms with Crippen LogP contribution in [0.25, 0.3) is 0 Å². The van der Waals surface area contributed by atoms with Gasteiger partial charge < -0.3 is 14.4 Å². The number of rotatable bonds is 4. The number of fused-ring (bicyclic) bond motifs is 1. The molecule has 136 valence electrons. The molecule has 2 aliphatic rings. The predicted molar refractivity (Wildman–Crippen MR) is 101 cm³/mol. The first-order chi connectivity index (χ1) is 12.5. The lowest BCUT2D eigenvalue weighted by Crippen LogP contribution is -2.38. The second kappa shape index (κ2) is 6.93. The van der Waals surface area contributed by atoms with E-state index >= 15 is 0 Å². The monoisotopic (exact) mass is 411 g/mol. The Kier molecular flexibility index (Phi) is 4.78. The fourth-order valence-corrected chi connectivity index (χ4v) is 3.97. The van der Waals surface area contributed by atoms with Crippen LogP contribution in [0.1, 0.15) is 18.4 Å². The largest absolute Gasteiger partial charge is 0.491 e. The summed E-state index contributed by atoms with van der Waals surface area (Å²) in [6.07, 6.45) is 0.802. The average molecular weight is 413 g/mol. The Labute approximate surface area is 166 Å². The summed E-state index contributed by atoms with van der Waals surface area (Å²) < 4.78 is 12.1. The van der Waals surface area contributed by atoms with Crippen LogP contribution in [0.15, 0.2) is 42.5 Å². The van der Waals surface area contributed by atoms with Crippen molar-refractivity contribution < 1.29 is 14.3 Å². The zero-order chi connectivity index (χ0) is 18.3. The molecule has 0 spiro atoms. The van der Waals surface area contributed by atoms with E-state index in [0.717, 1.165) is 5.56 Å². The summed E-state index contributed by atoms with van der Waals surface area (Å²) in [6.45, 7) is 0.821. The zero-order valence-electron chi connectivity index (χ0n) is 13.8. The molecule has 0 radical (unpaired) electrons. The third kappa shape index (κ3) is 3.16. The second-order valence-corrected chi connectivity index (χ2v) is 7.67. The third-order valence-electron chi connectivity index (χ3n) is 4.78. The van der Waals surface area contributed by atoms with Crippen LogP contribution in [0, 0.1) is 0 Å². The van der Waals surface area contributed by atoms with E-state index in [9.17, 15) is 4.79 Å². The second-order valence-electron chi connectivity index (χ2n) is 6.42. The fourth-order valence-electron chi connectivity index (χ4n) is 3.55. The highest BCUT2D eigenvalue weighted by Gasteiger charge is 2.54. The van der Waals surface area contributed by atoms with Crippen LogP contribution in [0.4, 0.5) is 0 Å². The number of nitrogens with zero attached hydrogens (tertiary/aromatic N) is 1. The Morgan fingerprint density at radius 2 is 1.88 bits per heavy atom. The van der Waals surface area contributed by atoms with Gasteiger partial charge in [-0.25, -0.2) is 0 Å². The van der Waals surface area contributed by atoms with Crippen molar-refractivity contribution >= 4 is 40.7 Å². The van der Waals surface area contributed by atoms with Crippen LogP contribution in [-0.4, -0.2) is 30.1 Å². The van der Waals surface area contributed by atoms with E-state index in [1.807, 2.05) is 6.07 Å². The van der Waals surface area contributed by atoms with Crippen LogP contribution in [-0.2, 0) is 15.3 Å². The smallest absolute Gasteiger partial charge is 0.225 e. The van der Waals surface area contributed by atoms with Gasteiger partial charge in [-0.15, -0.1) is 0 Å². The Morgan fingerprint density at radius 3 is 2.62 bits per heavy atom. The minimum absolute atomic E-state index is 0.0741. The van der Waals surface area contributed by atoms with E-state index in [0.29, 0.717) is 46.8 Å². The van der Waals surface area contributed by atoms with Gasteiger partial charge in [0.05, 0.1) is 16.6 Å². The number of ether oxygens (including phenoxy) is 2. The first-order valence-electron chi connectivity index (χ1n) is 8.30. The van der Waals surface area contributed by atoms with Crippen molar-refractivity contribution in [2.24, 2.45) is 0 Å². The number of hydrogen-bond acceptors (Lipinski definition) is 3. The van der Waals surface area contributed by atoms with Crippen molar-refractivity contribution in [2.75, 3.05) is 13.2 Å². The number of benzene rings is 2. The van der Waals surface area contributed by atoms with Crippen LogP contribution in [0.2, 0.25) is 15.1 Å². The number of carbonyl (C=O) groups excluding carboxylic acids is 1. The molecule has 0 unspecified atom stereocenters. The van der Waals surface area contributed by atoms with Crippen LogP contribution < -0.4 is 4.74 Å². The maximum absolute atomic E-state index is 12.4. The number of amides is 1. The molecule has 2 saturated heterocycles. The quantitative estimate of drug-likeness (QED) is 0.717. The lowest BCUT2D eigenvalue weighted by atomic mass is 10.0. The standard InChI is InChI=1S/C19H16Cl3NO3/c20-13-2-4-14(5-3-13)25-11-15-10-23-18(24)7-8-19(23,26-15)12-1-6-16(21)17(22)9-12/h1-6,9,15H,7-8,10-11H2/t15-,19+/m0/s1. The van der Waals surface area contributed by atoms with Crippen molar-refractivity contribution in [1.82, 2.24) is 4.90 Å². The lowest BCUT2D eigenvalue weighted by Gasteiger charge is -2.31. The fraction of sp³-hybridized carbons (Fsp3) is 0.316. The summed E-state index contributed by atoms with van der Waals surface area (Å²) >= 11 is 18.1. The van der Waals surface area contributed by atoms with E-state index in [4.69, 9.17) is 44.3 Å². The molecule has 2 heterocycles. The first kappa shape index (κ1) is 17.9. The number of carbonyl (C=O) groups is 1. The molecule has 0 bridgehead atoms. The van der Waals surface area contributed by atoms with Crippen molar-refractivity contribution in [1.29, 1.82) is 0 Å². The van der Waals surface area contributed by atoms with Gasteiger partial charge in [-0.1, -0.05) is 40.9 Å². The van der Waals surface area contributed by atoms with Crippen molar-refractivity contribution in [3.8, 4) is 5.75 Å². The minimum Gasteiger partial charge on any atom is -0.491 e. The molecule has 26 heavy (non-hydrogen) atoms. The van der Waals surface area contributed by atoms with E-state index < -0.39 is 5.72 Å². The highest BCUT2D eigenvalue weighted by molar-refractivity contribution is 6.42. The summed E-state index contributed by atoms with van der Waals surface area (Å²) in [7, 11) is 0. The maximum Gasteiger partial charge on any atom is 0.225 e. The van der Waals surface area contributed by atoms with Gasteiger partial charge >= 0.3 is 0 Å². The van der Waals surface area contributed by atoms with E-state index in [1.165, 1.54) is 0 Å². The van der Waals surface area contributed by atoms with Gasteiger partial charge in [0.2, 0.25) is 5.91 Å². The van der Waals surface area contributed by atoms with Gasteiger partial charge in [0.1, 0.15) is 18.5 Å². The average Bonchev–Trinajstić information content (AvgIpc) is 3.15. The van der Waals surface area contributed by atoms with Gasteiger partial charge in [0.15, 0.2) is 5.72 Å². The molecular formula is C19H16Cl3NO3. The van der Waals surface area contributed by atoms with Crippen molar-refractivity contribution in [2.45, 2.75) is 24.7 Å². The maximum atomic E-state index is 12.4. The Hall–Kier alpha value is -1.46. The highest BCUT2D eigenvalue weighted by atomic mass is 35.5. The summed E-state index contributed by atoms with van der Waals surface area (Å²) in [4.78, 5) is 14.2. The summed E-state index contributed by atoms with van der Waals surface area (Å²) in [5.41, 5.74) is 0.0473. The summed E-state index contributed by atoms with van der Waals surface area (Å²) in [6, 6.07) is 12.5. The van der Waals surface area contributed by atoms with Crippen LogP contribution in [0.3, 0.4) is 0 Å². The van der Waals surface area contributed by atoms with Crippen molar-refractivity contribution in [3.63, 3.8) is 0 Å². The number of halogens is 3. The molecular weight excluding hydrogens is 397 g/mol. The highest BCUT2D eigenvalue weighted by Crippen LogP contribution is 2.47. The lowest BCUT2D eigenvalue weighted by molar-refractivity contribution is -0.140. The molecule has 7 heteroatoms. The van der Waals surface area contributed by atoms with E-state index in [1.54, 1.807) is 41.3 Å². The van der Waals surface area contributed by atoms with E-state index in [2.05, 4.69) is 0 Å². The Balaban J connectivity index is 1.54. The molecule has 2 aromatic carbocycles. The summed E-state index contributed by atoms with van der Waals surface area (Å²) in [5.74, 6) is 0.782. The predicted octanol–water partition coefficient (Wildman–Crippen LogP) is 4.90. The molecule has 2 fully saturated rings.